The van der Waals surface area contributed by atoms with Gasteiger partial charge in [-0.25, -0.2) is 4.98 Å². The molecule has 0 saturated heterocycles. The lowest BCUT2D eigenvalue weighted by Gasteiger charge is -2.19. The van der Waals surface area contributed by atoms with Crippen molar-refractivity contribution in [2.75, 3.05) is 5.32 Å². The Kier molecular flexibility index (Phi) is 4.84. The third-order valence-corrected chi connectivity index (χ3v) is 4.33. The first-order valence-electron chi connectivity index (χ1n) is 8.67. The number of fused-ring (bicyclic) bond motifs is 1. The van der Waals surface area contributed by atoms with Crippen LogP contribution in [0.2, 0.25) is 0 Å². The Bertz CT molecular complexity index is 876. The molecule has 1 amide bonds. The zero-order valence-corrected chi connectivity index (χ0v) is 15.0. The number of carbonyl (C=O) groups is 1. The SMILES string of the molecule is CC(C)(C)c1ccc(CCC(=O)Nc2ccc3ccccc3n2)cc1. The number of benzene rings is 2. The smallest absolute Gasteiger partial charge is 0.225 e. The predicted octanol–water partition coefficient (Wildman–Crippen LogP) is 5.10. The molecule has 3 heteroatoms. The first-order valence-corrected chi connectivity index (χ1v) is 8.67. The third kappa shape index (κ3) is 4.44. The molecule has 128 valence electrons. The normalized spacial score (nSPS) is 11.5. The minimum Gasteiger partial charge on any atom is -0.311 e. The fourth-order valence-corrected chi connectivity index (χ4v) is 2.77. The fourth-order valence-electron chi connectivity index (χ4n) is 2.77. The van der Waals surface area contributed by atoms with E-state index in [1.165, 1.54) is 11.1 Å². The Hall–Kier alpha value is -2.68. The van der Waals surface area contributed by atoms with Crippen molar-refractivity contribution in [3.8, 4) is 0 Å². The number of rotatable bonds is 4. The highest BCUT2D eigenvalue weighted by Crippen LogP contribution is 2.22. The molecule has 0 unspecified atom stereocenters. The summed E-state index contributed by atoms with van der Waals surface area (Å²) in [5.41, 5.74) is 3.52. The van der Waals surface area contributed by atoms with Gasteiger partial charge in [0, 0.05) is 11.8 Å². The van der Waals surface area contributed by atoms with E-state index in [0.29, 0.717) is 12.2 Å². The van der Waals surface area contributed by atoms with E-state index in [-0.39, 0.29) is 11.3 Å². The van der Waals surface area contributed by atoms with E-state index in [4.69, 9.17) is 0 Å². The molecule has 0 spiro atoms. The lowest BCUT2D eigenvalue weighted by atomic mass is 9.86. The average molecular weight is 332 g/mol. The van der Waals surface area contributed by atoms with Crippen LogP contribution in [0.25, 0.3) is 10.9 Å². The molecule has 3 aromatic rings. The molecular weight excluding hydrogens is 308 g/mol. The topological polar surface area (TPSA) is 42.0 Å². The molecule has 3 rings (SSSR count). The Morgan fingerprint density at radius 1 is 0.960 bits per heavy atom. The number of pyridine rings is 1. The van der Waals surface area contributed by atoms with Gasteiger partial charge in [0.05, 0.1) is 5.52 Å². The molecule has 0 fully saturated rings. The number of hydrogen-bond donors (Lipinski definition) is 1. The van der Waals surface area contributed by atoms with Crippen LogP contribution < -0.4 is 5.32 Å². The Labute approximate surface area is 149 Å². The maximum absolute atomic E-state index is 12.2. The quantitative estimate of drug-likeness (QED) is 0.722. The summed E-state index contributed by atoms with van der Waals surface area (Å²) in [6.45, 7) is 6.60. The third-order valence-electron chi connectivity index (χ3n) is 4.33. The molecular formula is C22H24N2O. The number of hydrogen-bond acceptors (Lipinski definition) is 2. The van der Waals surface area contributed by atoms with Crippen molar-refractivity contribution >= 4 is 22.6 Å². The van der Waals surface area contributed by atoms with Crippen molar-refractivity contribution in [3.63, 3.8) is 0 Å². The summed E-state index contributed by atoms with van der Waals surface area (Å²) in [5, 5.41) is 3.96. The molecule has 1 heterocycles. The van der Waals surface area contributed by atoms with E-state index in [9.17, 15) is 4.79 Å². The summed E-state index contributed by atoms with van der Waals surface area (Å²) in [6.07, 6.45) is 1.17. The van der Waals surface area contributed by atoms with Crippen LogP contribution in [0.5, 0.6) is 0 Å². The summed E-state index contributed by atoms with van der Waals surface area (Å²) >= 11 is 0. The van der Waals surface area contributed by atoms with Gasteiger partial charge in [-0.05, 0) is 41.2 Å². The van der Waals surface area contributed by atoms with Gasteiger partial charge in [-0.2, -0.15) is 0 Å². The largest absolute Gasteiger partial charge is 0.311 e. The number of para-hydroxylation sites is 1. The maximum Gasteiger partial charge on any atom is 0.225 e. The van der Waals surface area contributed by atoms with E-state index in [1.54, 1.807) is 0 Å². The predicted molar refractivity (Wildman–Crippen MR) is 104 cm³/mol. The lowest BCUT2D eigenvalue weighted by molar-refractivity contribution is -0.116. The molecule has 2 aromatic carbocycles. The highest BCUT2D eigenvalue weighted by molar-refractivity contribution is 5.91. The summed E-state index contributed by atoms with van der Waals surface area (Å²) in [4.78, 5) is 16.7. The van der Waals surface area contributed by atoms with Crippen molar-refractivity contribution in [2.24, 2.45) is 0 Å². The van der Waals surface area contributed by atoms with Crippen molar-refractivity contribution in [1.29, 1.82) is 0 Å². The van der Waals surface area contributed by atoms with Gasteiger partial charge in [-0.15, -0.1) is 0 Å². The second kappa shape index (κ2) is 7.06. The Morgan fingerprint density at radius 2 is 1.68 bits per heavy atom. The van der Waals surface area contributed by atoms with Crippen LogP contribution in [0.4, 0.5) is 5.82 Å². The second-order valence-electron chi connectivity index (χ2n) is 7.38. The molecule has 0 aliphatic heterocycles. The van der Waals surface area contributed by atoms with Crippen LogP contribution in [0.3, 0.4) is 0 Å². The molecule has 0 aliphatic rings. The van der Waals surface area contributed by atoms with E-state index in [0.717, 1.165) is 17.3 Å². The molecule has 0 aliphatic carbocycles. The average Bonchev–Trinajstić information content (AvgIpc) is 2.59. The van der Waals surface area contributed by atoms with Crippen molar-refractivity contribution in [1.82, 2.24) is 4.98 Å². The molecule has 3 nitrogen and oxygen atoms in total. The van der Waals surface area contributed by atoms with E-state index >= 15 is 0 Å². The van der Waals surface area contributed by atoms with Crippen molar-refractivity contribution in [2.45, 2.75) is 39.0 Å². The highest BCUT2D eigenvalue weighted by Gasteiger charge is 2.13. The molecule has 1 N–H and O–H groups in total. The number of anilines is 1. The molecule has 0 atom stereocenters. The van der Waals surface area contributed by atoms with Gasteiger partial charge in [0.15, 0.2) is 0 Å². The highest BCUT2D eigenvalue weighted by atomic mass is 16.1. The summed E-state index contributed by atoms with van der Waals surface area (Å²) in [7, 11) is 0. The van der Waals surface area contributed by atoms with Crippen LogP contribution in [-0.2, 0) is 16.6 Å². The van der Waals surface area contributed by atoms with Gasteiger partial charge in [0.25, 0.3) is 0 Å². The van der Waals surface area contributed by atoms with Crippen LogP contribution >= 0.6 is 0 Å². The summed E-state index contributed by atoms with van der Waals surface area (Å²) < 4.78 is 0. The molecule has 0 radical (unpaired) electrons. The number of aryl methyl sites for hydroxylation is 1. The standard InChI is InChI=1S/C22H24N2O/c1-22(2,3)18-12-8-16(9-13-18)10-15-21(25)24-20-14-11-17-6-4-5-7-19(17)23-20/h4-9,11-14H,10,15H2,1-3H3,(H,23,24,25). The minimum absolute atomic E-state index is 0.0114. The van der Waals surface area contributed by atoms with Gasteiger partial charge in [0.2, 0.25) is 5.91 Å². The molecule has 1 aromatic heterocycles. The number of carbonyl (C=O) groups excluding carboxylic acids is 1. The number of nitrogens with zero attached hydrogens (tertiary/aromatic N) is 1. The summed E-state index contributed by atoms with van der Waals surface area (Å²) in [6, 6.07) is 20.2. The van der Waals surface area contributed by atoms with Gasteiger partial charge >= 0.3 is 0 Å². The van der Waals surface area contributed by atoms with E-state index in [1.807, 2.05) is 36.4 Å². The van der Waals surface area contributed by atoms with Gasteiger partial charge in [0.1, 0.15) is 5.82 Å². The zero-order chi connectivity index (χ0) is 17.9. The molecule has 25 heavy (non-hydrogen) atoms. The summed E-state index contributed by atoms with van der Waals surface area (Å²) in [5.74, 6) is 0.592. The molecule has 0 bridgehead atoms. The van der Waals surface area contributed by atoms with E-state index in [2.05, 4.69) is 55.3 Å². The van der Waals surface area contributed by atoms with Crippen LogP contribution in [0.1, 0.15) is 38.3 Å². The number of nitrogens with one attached hydrogen (secondary N) is 1. The molecule has 0 saturated carbocycles. The van der Waals surface area contributed by atoms with Crippen molar-refractivity contribution in [3.05, 3.63) is 71.8 Å². The van der Waals surface area contributed by atoms with Crippen LogP contribution in [0.15, 0.2) is 60.7 Å². The van der Waals surface area contributed by atoms with Crippen LogP contribution in [-0.4, -0.2) is 10.9 Å². The lowest BCUT2D eigenvalue weighted by Crippen LogP contribution is -2.13. The first-order chi connectivity index (χ1) is 11.9. The Balaban J connectivity index is 1.58. The van der Waals surface area contributed by atoms with E-state index < -0.39 is 0 Å². The maximum atomic E-state index is 12.2. The minimum atomic E-state index is -0.0114. The van der Waals surface area contributed by atoms with Gasteiger partial charge < -0.3 is 5.32 Å². The van der Waals surface area contributed by atoms with Crippen molar-refractivity contribution < 1.29 is 4.79 Å². The number of amides is 1. The van der Waals surface area contributed by atoms with Crippen LogP contribution in [0, 0.1) is 0 Å². The van der Waals surface area contributed by atoms with Gasteiger partial charge in [-0.1, -0.05) is 63.2 Å². The van der Waals surface area contributed by atoms with Gasteiger partial charge in [-0.3, -0.25) is 4.79 Å². The first kappa shape index (κ1) is 17.2. The Morgan fingerprint density at radius 3 is 2.40 bits per heavy atom. The fraction of sp³-hybridized carbons (Fsp3) is 0.273. The second-order valence-corrected chi connectivity index (χ2v) is 7.38. The number of aromatic nitrogens is 1. The monoisotopic (exact) mass is 332 g/mol. The zero-order valence-electron chi connectivity index (χ0n) is 15.0.